The topological polar surface area (TPSA) is 49.8 Å². The van der Waals surface area contributed by atoms with Crippen LogP contribution in [0.15, 0.2) is 6.20 Å². The molecule has 4 nitrogen and oxygen atoms in total. The summed E-state index contributed by atoms with van der Waals surface area (Å²) in [4.78, 5) is 8.00. The van der Waals surface area contributed by atoms with Crippen molar-refractivity contribution < 1.29 is 0 Å². The van der Waals surface area contributed by atoms with Crippen LogP contribution in [0.25, 0.3) is 0 Å². The largest absolute Gasteiger partial charge is 0.364 e. The van der Waals surface area contributed by atoms with Crippen molar-refractivity contribution >= 4 is 17.4 Å². The van der Waals surface area contributed by atoms with Crippen LogP contribution in [0.5, 0.6) is 0 Å². The van der Waals surface area contributed by atoms with Crippen LogP contribution in [0, 0.1) is 6.92 Å². The zero-order valence-corrected chi connectivity index (χ0v) is 8.10. The van der Waals surface area contributed by atoms with Gasteiger partial charge in [-0.2, -0.15) is 0 Å². The van der Waals surface area contributed by atoms with E-state index in [1.54, 1.807) is 6.20 Å². The molecule has 0 atom stereocenters. The SMILES string of the molecule is Cc1cnc(Cl)nc1NC1CNC1. The van der Waals surface area contributed by atoms with Crippen LogP contribution in [0.3, 0.4) is 0 Å². The molecule has 2 heterocycles. The highest BCUT2D eigenvalue weighted by Gasteiger charge is 2.17. The number of anilines is 1. The van der Waals surface area contributed by atoms with Gasteiger partial charge in [-0.15, -0.1) is 0 Å². The first kappa shape index (κ1) is 8.72. The Morgan fingerprint density at radius 2 is 2.38 bits per heavy atom. The Hall–Kier alpha value is -0.870. The maximum Gasteiger partial charge on any atom is 0.224 e. The van der Waals surface area contributed by atoms with Crippen molar-refractivity contribution in [3.8, 4) is 0 Å². The second-order valence-electron chi connectivity index (χ2n) is 3.17. The molecule has 0 aliphatic carbocycles. The molecule has 1 fully saturated rings. The highest BCUT2D eigenvalue weighted by Crippen LogP contribution is 2.14. The Bertz CT molecular complexity index is 311. The number of hydrogen-bond acceptors (Lipinski definition) is 4. The van der Waals surface area contributed by atoms with Crippen molar-refractivity contribution in [1.82, 2.24) is 15.3 Å². The molecule has 0 unspecified atom stereocenters. The number of nitrogens with zero attached hydrogens (tertiary/aromatic N) is 2. The van der Waals surface area contributed by atoms with Crippen LogP contribution < -0.4 is 10.6 Å². The quantitative estimate of drug-likeness (QED) is 0.691. The number of aryl methyl sites for hydroxylation is 1. The third-order valence-electron chi connectivity index (χ3n) is 2.06. The van der Waals surface area contributed by atoms with Crippen molar-refractivity contribution in [3.05, 3.63) is 17.0 Å². The zero-order valence-electron chi connectivity index (χ0n) is 7.34. The number of halogens is 1. The van der Waals surface area contributed by atoms with Gasteiger partial charge >= 0.3 is 0 Å². The zero-order chi connectivity index (χ0) is 9.26. The Balaban J connectivity index is 2.13. The van der Waals surface area contributed by atoms with E-state index < -0.39 is 0 Å². The third-order valence-corrected chi connectivity index (χ3v) is 2.25. The van der Waals surface area contributed by atoms with E-state index >= 15 is 0 Å². The van der Waals surface area contributed by atoms with Crippen molar-refractivity contribution in [3.63, 3.8) is 0 Å². The second-order valence-corrected chi connectivity index (χ2v) is 3.51. The Kier molecular flexibility index (Phi) is 2.33. The first-order chi connectivity index (χ1) is 6.25. The fraction of sp³-hybridized carbons (Fsp3) is 0.500. The smallest absolute Gasteiger partial charge is 0.224 e. The van der Waals surface area contributed by atoms with Gasteiger partial charge in [-0.3, -0.25) is 0 Å². The summed E-state index contributed by atoms with van der Waals surface area (Å²) in [7, 11) is 0. The fourth-order valence-electron chi connectivity index (χ4n) is 1.15. The molecule has 1 aromatic rings. The van der Waals surface area contributed by atoms with E-state index in [-0.39, 0.29) is 0 Å². The summed E-state index contributed by atoms with van der Waals surface area (Å²) < 4.78 is 0. The van der Waals surface area contributed by atoms with Gasteiger partial charge in [-0.05, 0) is 18.5 Å². The van der Waals surface area contributed by atoms with Gasteiger partial charge in [0.2, 0.25) is 5.28 Å². The molecular weight excluding hydrogens is 188 g/mol. The lowest BCUT2D eigenvalue weighted by Gasteiger charge is -2.28. The van der Waals surface area contributed by atoms with Gasteiger partial charge in [0.15, 0.2) is 0 Å². The van der Waals surface area contributed by atoms with E-state index in [1.807, 2.05) is 6.92 Å². The molecule has 1 aliphatic heterocycles. The van der Waals surface area contributed by atoms with E-state index in [9.17, 15) is 0 Å². The molecule has 0 aromatic carbocycles. The van der Waals surface area contributed by atoms with Crippen LogP contribution in [0.4, 0.5) is 5.82 Å². The van der Waals surface area contributed by atoms with E-state index in [1.165, 1.54) is 0 Å². The minimum absolute atomic E-state index is 0.292. The van der Waals surface area contributed by atoms with Gasteiger partial charge in [-0.25, -0.2) is 9.97 Å². The molecule has 70 valence electrons. The maximum absolute atomic E-state index is 5.68. The number of rotatable bonds is 2. The summed E-state index contributed by atoms with van der Waals surface area (Å²) in [5.41, 5.74) is 1.02. The molecular formula is C8H11ClN4. The lowest BCUT2D eigenvalue weighted by Crippen LogP contribution is -2.51. The molecule has 0 spiro atoms. The standard InChI is InChI=1S/C8H11ClN4/c1-5-2-11-8(9)13-7(5)12-6-3-10-4-6/h2,6,10H,3-4H2,1H3,(H,11,12,13). The highest BCUT2D eigenvalue weighted by molar-refractivity contribution is 6.28. The molecule has 1 aliphatic rings. The van der Waals surface area contributed by atoms with Crippen molar-refractivity contribution in [2.45, 2.75) is 13.0 Å². The van der Waals surface area contributed by atoms with Crippen molar-refractivity contribution in [2.24, 2.45) is 0 Å². The lowest BCUT2D eigenvalue weighted by atomic mass is 10.2. The molecule has 1 aromatic heterocycles. The molecule has 2 N–H and O–H groups in total. The van der Waals surface area contributed by atoms with Gasteiger partial charge < -0.3 is 10.6 Å². The second kappa shape index (κ2) is 3.47. The summed E-state index contributed by atoms with van der Waals surface area (Å²) in [6.45, 7) is 3.94. The first-order valence-corrected chi connectivity index (χ1v) is 4.60. The van der Waals surface area contributed by atoms with Crippen LogP contribution in [0.2, 0.25) is 5.28 Å². The number of aromatic nitrogens is 2. The predicted octanol–water partition coefficient (Wildman–Crippen LogP) is 0.822. The average Bonchev–Trinajstić information content (AvgIpc) is 2.03. The average molecular weight is 199 g/mol. The predicted molar refractivity (Wildman–Crippen MR) is 52.1 cm³/mol. The molecule has 0 radical (unpaired) electrons. The van der Waals surface area contributed by atoms with E-state index in [0.29, 0.717) is 11.3 Å². The van der Waals surface area contributed by atoms with E-state index in [2.05, 4.69) is 20.6 Å². The fourth-order valence-corrected chi connectivity index (χ4v) is 1.28. The molecule has 0 saturated carbocycles. The lowest BCUT2D eigenvalue weighted by molar-refractivity contribution is 0.471. The molecule has 0 bridgehead atoms. The molecule has 0 amide bonds. The minimum atomic E-state index is 0.292. The maximum atomic E-state index is 5.68. The van der Waals surface area contributed by atoms with Gasteiger partial charge in [0.1, 0.15) is 5.82 Å². The molecule has 5 heteroatoms. The van der Waals surface area contributed by atoms with Crippen molar-refractivity contribution in [1.29, 1.82) is 0 Å². The summed E-state index contributed by atoms with van der Waals surface area (Å²) in [5, 5.41) is 6.76. The Morgan fingerprint density at radius 3 is 3.00 bits per heavy atom. The third kappa shape index (κ3) is 1.89. The molecule has 2 rings (SSSR count). The highest BCUT2D eigenvalue weighted by atomic mass is 35.5. The number of hydrogen-bond donors (Lipinski definition) is 2. The van der Waals surface area contributed by atoms with Crippen molar-refractivity contribution in [2.75, 3.05) is 18.4 Å². The van der Waals surface area contributed by atoms with Crippen LogP contribution in [0.1, 0.15) is 5.56 Å². The van der Waals surface area contributed by atoms with Gasteiger partial charge in [0.05, 0.1) is 6.04 Å². The first-order valence-electron chi connectivity index (χ1n) is 4.22. The van der Waals surface area contributed by atoms with E-state index in [0.717, 1.165) is 24.5 Å². The van der Waals surface area contributed by atoms with E-state index in [4.69, 9.17) is 11.6 Å². The molecule has 13 heavy (non-hydrogen) atoms. The summed E-state index contributed by atoms with van der Waals surface area (Å²) in [6.07, 6.45) is 1.73. The monoisotopic (exact) mass is 198 g/mol. The van der Waals surface area contributed by atoms with Crippen LogP contribution >= 0.6 is 11.6 Å². The normalized spacial score (nSPS) is 16.8. The minimum Gasteiger partial charge on any atom is -0.364 e. The van der Waals surface area contributed by atoms with Gasteiger partial charge in [0.25, 0.3) is 0 Å². The van der Waals surface area contributed by atoms with Crippen LogP contribution in [-0.2, 0) is 0 Å². The summed E-state index contributed by atoms with van der Waals surface area (Å²) >= 11 is 5.68. The van der Waals surface area contributed by atoms with Crippen LogP contribution in [-0.4, -0.2) is 29.1 Å². The van der Waals surface area contributed by atoms with Gasteiger partial charge in [0, 0.05) is 24.8 Å². The summed E-state index contributed by atoms with van der Waals surface area (Å²) in [6, 6.07) is 0.477. The Labute approximate surface area is 81.7 Å². The summed E-state index contributed by atoms with van der Waals surface area (Å²) in [5.74, 6) is 0.839. The Morgan fingerprint density at radius 1 is 1.62 bits per heavy atom. The number of nitrogens with one attached hydrogen (secondary N) is 2. The van der Waals surface area contributed by atoms with Gasteiger partial charge in [-0.1, -0.05) is 0 Å². The molecule has 1 saturated heterocycles.